The van der Waals surface area contributed by atoms with Crippen LogP contribution in [0.3, 0.4) is 0 Å². The van der Waals surface area contributed by atoms with E-state index in [1.165, 1.54) is 36.4 Å². The molecule has 0 saturated carbocycles. The lowest BCUT2D eigenvalue weighted by Gasteiger charge is -2.09. The van der Waals surface area contributed by atoms with Gasteiger partial charge >= 0.3 is 0 Å². The fourth-order valence-corrected chi connectivity index (χ4v) is 2.71. The van der Waals surface area contributed by atoms with E-state index < -0.39 is 15.8 Å². The van der Waals surface area contributed by atoms with Gasteiger partial charge in [-0.1, -0.05) is 23.7 Å². The van der Waals surface area contributed by atoms with Crippen LogP contribution >= 0.6 is 11.6 Å². The molecule has 0 radical (unpaired) electrons. The number of benzene rings is 2. The van der Waals surface area contributed by atoms with Gasteiger partial charge in [-0.25, -0.2) is 12.8 Å². The number of anilines is 1. The van der Waals surface area contributed by atoms with E-state index in [0.717, 1.165) is 6.07 Å². The van der Waals surface area contributed by atoms with E-state index in [9.17, 15) is 17.9 Å². The molecule has 0 aliphatic carbocycles. The van der Waals surface area contributed by atoms with Gasteiger partial charge in [0.25, 0.3) is 10.0 Å². The molecule has 2 aromatic carbocycles. The van der Waals surface area contributed by atoms with Crippen LogP contribution in [0.2, 0.25) is 5.02 Å². The number of aromatic hydroxyl groups is 1. The summed E-state index contributed by atoms with van der Waals surface area (Å²) in [7, 11) is -3.98. The standard InChI is InChI=1S/C12H9ClFNO3S/c13-10-5-2-6-11(12(10)14)15-19(17,18)9-4-1-3-8(16)7-9/h1-7,15-16H. The van der Waals surface area contributed by atoms with Gasteiger partial charge < -0.3 is 5.11 Å². The number of hydrogen-bond acceptors (Lipinski definition) is 3. The summed E-state index contributed by atoms with van der Waals surface area (Å²) in [6.45, 7) is 0. The Morgan fingerprint density at radius 3 is 2.53 bits per heavy atom. The van der Waals surface area contributed by atoms with Crippen LogP contribution in [0, 0.1) is 5.82 Å². The quantitative estimate of drug-likeness (QED) is 0.916. The molecule has 100 valence electrons. The Balaban J connectivity index is 2.39. The number of nitrogens with one attached hydrogen (secondary N) is 1. The molecule has 2 N–H and O–H groups in total. The molecule has 0 atom stereocenters. The zero-order valence-corrected chi connectivity index (χ0v) is 11.0. The summed E-state index contributed by atoms with van der Waals surface area (Å²) >= 11 is 5.56. The van der Waals surface area contributed by atoms with E-state index in [2.05, 4.69) is 4.72 Å². The molecule has 0 unspecified atom stereocenters. The predicted molar refractivity (Wildman–Crippen MR) is 70.3 cm³/mol. The third-order valence-electron chi connectivity index (χ3n) is 2.32. The minimum atomic E-state index is -3.98. The second kappa shape index (κ2) is 5.07. The summed E-state index contributed by atoms with van der Waals surface area (Å²) in [5.41, 5.74) is -0.254. The van der Waals surface area contributed by atoms with Crippen molar-refractivity contribution in [1.82, 2.24) is 0 Å². The highest BCUT2D eigenvalue weighted by atomic mass is 35.5. The summed E-state index contributed by atoms with van der Waals surface area (Å²) in [5, 5.41) is 9.07. The first-order valence-corrected chi connectivity index (χ1v) is 7.02. The van der Waals surface area contributed by atoms with Crippen molar-refractivity contribution >= 4 is 27.3 Å². The lowest BCUT2D eigenvalue weighted by molar-refractivity contribution is 0.473. The smallest absolute Gasteiger partial charge is 0.262 e. The summed E-state index contributed by atoms with van der Waals surface area (Å²) in [5.74, 6) is -1.05. The molecule has 0 amide bonds. The Bertz CT molecular complexity index is 719. The number of halogens is 2. The Hall–Kier alpha value is -1.79. The molecule has 4 nitrogen and oxygen atoms in total. The van der Waals surface area contributed by atoms with Gasteiger partial charge in [0.2, 0.25) is 0 Å². The molecule has 7 heteroatoms. The minimum Gasteiger partial charge on any atom is -0.508 e. The fourth-order valence-electron chi connectivity index (χ4n) is 1.44. The second-order valence-electron chi connectivity index (χ2n) is 3.70. The zero-order chi connectivity index (χ0) is 14.0. The van der Waals surface area contributed by atoms with Crippen molar-refractivity contribution in [3.05, 3.63) is 53.3 Å². The van der Waals surface area contributed by atoms with Gasteiger partial charge in [-0.05, 0) is 24.3 Å². The first-order valence-electron chi connectivity index (χ1n) is 5.16. The average Bonchev–Trinajstić information content (AvgIpc) is 2.35. The van der Waals surface area contributed by atoms with Gasteiger partial charge in [0.15, 0.2) is 5.82 Å². The second-order valence-corrected chi connectivity index (χ2v) is 5.79. The van der Waals surface area contributed by atoms with Gasteiger partial charge in [-0.3, -0.25) is 4.72 Å². The Morgan fingerprint density at radius 2 is 1.84 bits per heavy atom. The van der Waals surface area contributed by atoms with Crippen LogP contribution in [0.1, 0.15) is 0 Å². The summed E-state index contributed by atoms with van der Waals surface area (Å²) in [6, 6.07) is 9.03. The van der Waals surface area contributed by atoms with Crippen LogP contribution in [0.15, 0.2) is 47.4 Å². The van der Waals surface area contributed by atoms with Crippen molar-refractivity contribution in [3.63, 3.8) is 0 Å². The van der Waals surface area contributed by atoms with Crippen molar-refractivity contribution < 1.29 is 17.9 Å². The summed E-state index contributed by atoms with van der Waals surface area (Å²) < 4.78 is 39.7. The maximum absolute atomic E-state index is 13.6. The molecule has 0 fully saturated rings. The zero-order valence-electron chi connectivity index (χ0n) is 9.47. The van der Waals surface area contributed by atoms with Crippen LogP contribution < -0.4 is 4.72 Å². The largest absolute Gasteiger partial charge is 0.508 e. The molecule has 19 heavy (non-hydrogen) atoms. The highest BCUT2D eigenvalue weighted by molar-refractivity contribution is 7.92. The number of sulfonamides is 1. The molecule has 2 rings (SSSR count). The SMILES string of the molecule is O=S(=O)(Nc1cccc(Cl)c1F)c1cccc(O)c1. The molecule has 0 bridgehead atoms. The van der Waals surface area contributed by atoms with Crippen LogP contribution in [0.25, 0.3) is 0 Å². The van der Waals surface area contributed by atoms with Crippen LogP contribution in [-0.2, 0) is 10.0 Å². The molecule has 2 aromatic rings. The third kappa shape index (κ3) is 2.97. The Labute approximate surface area is 114 Å². The van der Waals surface area contributed by atoms with E-state index in [1.54, 1.807) is 0 Å². The molecular formula is C12H9ClFNO3S. The predicted octanol–water partition coefficient (Wildman–Crippen LogP) is 2.99. The molecule has 0 aromatic heterocycles. The molecule has 0 aliphatic heterocycles. The first-order chi connectivity index (χ1) is 8.90. The monoisotopic (exact) mass is 301 g/mol. The molecule has 0 saturated heterocycles. The first kappa shape index (κ1) is 13.6. The molecule has 0 heterocycles. The van der Waals surface area contributed by atoms with E-state index in [0.29, 0.717) is 0 Å². The average molecular weight is 302 g/mol. The highest BCUT2D eigenvalue weighted by Gasteiger charge is 2.17. The van der Waals surface area contributed by atoms with E-state index >= 15 is 0 Å². The van der Waals surface area contributed by atoms with Gasteiger partial charge in [-0.15, -0.1) is 0 Å². The van der Waals surface area contributed by atoms with Crippen molar-refractivity contribution in [2.45, 2.75) is 4.90 Å². The van der Waals surface area contributed by atoms with Crippen LogP contribution in [-0.4, -0.2) is 13.5 Å². The Kier molecular flexibility index (Phi) is 3.64. The third-order valence-corrected chi connectivity index (χ3v) is 3.98. The molecule has 0 aliphatic rings. The van der Waals surface area contributed by atoms with Gasteiger partial charge in [-0.2, -0.15) is 0 Å². The van der Waals surface area contributed by atoms with E-state index in [-0.39, 0.29) is 21.4 Å². The van der Waals surface area contributed by atoms with Crippen LogP contribution in [0.4, 0.5) is 10.1 Å². The van der Waals surface area contributed by atoms with Gasteiger partial charge in [0.1, 0.15) is 5.75 Å². The molecule has 0 spiro atoms. The van der Waals surface area contributed by atoms with Crippen molar-refractivity contribution in [2.75, 3.05) is 4.72 Å². The summed E-state index contributed by atoms with van der Waals surface area (Å²) in [6.07, 6.45) is 0. The van der Waals surface area contributed by atoms with Crippen molar-refractivity contribution in [3.8, 4) is 5.75 Å². The fraction of sp³-hybridized carbons (Fsp3) is 0. The summed E-state index contributed by atoms with van der Waals surface area (Å²) in [4.78, 5) is -0.174. The number of phenols is 1. The number of phenolic OH excluding ortho intramolecular Hbond substituents is 1. The lowest BCUT2D eigenvalue weighted by Crippen LogP contribution is -2.13. The van der Waals surface area contributed by atoms with Crippen LogP contribution in [0.5, 0.6) is 5.75 Å². The topological polar surface area (TPSA) is 66.4 Å². The lowest BCUT2D eigenvalue weighted by atomic mass is 10.3. The van der Waals surface area contributed by atoms with E-state index in [1.807, 2.05) is 0 Å². The number of hydrogen-bond donors (Lipinski definition) is 2. The van der Waals surface area contributed by atoms with Crippen molar-refractivity contribution in [2.24, 2.45) is 0 Å². The Morgan fingerprint density at radius 1 is 1.16 bits per heavy atom. The normalized spacial score (nSPS) is 11.3. The van der Waals surface area contributed by atoms with Crippen molar-refractivity contribution in [1.29, 1.82) is 0 Å². The maximum atomic E-state index is 13.6. The number of rotatable bonds is 3. The van der Waals surface area contributed by atoms with E-state index in [4.69, 9.17) is 11.6 Å². The highest BCUT2D eigenvalue weighted by Crippen LogP contribution is 2.25. The molecular weight excluding hydrogens is 293 g/mol. The van der Waals surface area contributed by atoms with Gasteiger partial charge in [0.05, 0.1) is 15.6 Å². The minimum absolute atomic E-state index is 0.174. The van der Waals surface area contributed by atoms with Gasteiger partial charge in [0, 0.05) is 6.07 Å². The maximum Gasteiger partial charge on any atom is 0.262 e.